The van der Waals surface area contributed by atoms with Gasteiger partial charge in [0, 0.05) is 10.0 Å². The van der Waals surface area contributed by atoms with E-state index in [4.69, 9.17) is 27.9 Å². The fourth-order valence-electron chi connectivity index (χ4n) is 2.50. The normalized spacial score (nSPS) is 12.8. The summed E-state index contributed by atoms with van der Waals surface area (Å²) in [7, 11) is 0. The van der Waals surface area contributed by atoms with Crippen LogP contribution in [0.25, 0.3) is 0 Å². The van der Waals surface area contributed by atoms with Gasteiger partial charge in [-0.25, -0.2) is 9.67 Å². The van der Waals surface area contributed by atoms with E-state index >= 15 is 0 Å². The number of rotatable bonds is 5. The van der Waals surface area contributed by atoms with Crippen molar-refractivity contribution in [3.63, 3.8) is 0 Å². The highest BCUT2D eigenvalue weighted by molar-refractivity contribution is 6.31. The van der Waals surface area contributed by atoms with E-state index in [2.05, 4.69) is 21.9 Å². The topological polar surface area (TPSA) is 60.2 Å². The highest BCUT2D eigenvalue weighted by Crippen LogP contribution is 2.33. The lowest BCUT2D eigenvalue weighted by atomic mass is 10.0. The lowest BCUT2D eigenvalue weighted by Gasteiger charge is -2.21. The van der Waals surface area contributed by atoms with Gasteiger partial charge in [0.05, 0.1) is 0 Å². The van der Waals surface area contributed by atoms with Crippen LogP contribution in [0.15, 0.2) is 55.1 Å². The molecule has 1 aromatic heterocycles. The highest BCUT2D eigenvalue weighted by Gasteiger charge is 2.25. The molecule has 0 aliphatic heterocycles. The molecule has 0 radical (unpaired) electrons. The van der Waals surface area contributed by atoms with E-state index in [1.807, 2.05) is 0 Å². The summed E-state index contributed by atoms with van der Waals surface area (Å²) < 4.78 is 7.30. The summed E-state index contributed by atoms with van der Waals surface area (Å²) in [6.45, 7) is 1.66. The summed E-state index contributed by atoms with van der Waals surface area (Å²) in [5.74, 6) is 6.65. The molecule has 0 bridgehead atoms. The molecular formula is C19H15Cl2N3O2. The summed E-state index contributed by atoms with van der Waals surface area (Å²) in [6, 6.07) is 11.7. The van der Waals surface area contributed by atoms with Crippen LogP contribution in [0.1, 0.15) is 18.5 Å². The minimum Gasteiger partial charge on any atom is -0.457 e. The smallest absolute Gasteiger partial charge is 0.141 e. The van der Waals surface area contributed by atoms with Crippen LogP contribution < -0.4 is 4.74 Å². The third-order valence-corrected chi connectivity index (χ3v) is 4.23. The first-order valence-corrected chi connectivity index (χ1v) is 8.51. The van der Waals surface area contributed by atoms with Gasteiger partial charge in [-0.1, -0.05) is 35.2 Å². The molecular weight excluding hydrogens is 373 g/mol. The molecule has 2 atom stereocenters. The molecule has 0 fully saturated rings. The fraction of sp³-hybridized carbons (Fsp3) is 0.158. The molecule has 0 aliphatic carbocycles. The van der Waals surface area contributed by atoms with E-state index in [0.29, 0.717) is 27.1 Å². The van der Waals surface area contributed by atoms with Crippen LogP contribution >= 0.6 is 23.2 Å². The van der Waals surface area contributed by atoms with Crippen LogP contribution in [0, 0.1) is 11.8 Å². The van der Waals surface area contributed by atoms with E-state index in [-0.39, 0.29) is 0 Å². The molecule has 0 aliphatic rings. The number of benzene rings is 2. The molecule has 1 N–H and O–H groups in total. The maximum atomic E-state index is 10.4. The largest absolute Gasteiger partial charge is 0.457 e. The zero-order valence-corrected chi connectivity index (χ0v) is 15.3. The Morgan fingerprint density at radius 3 is 2.46 bits per heavy atom. The maximum Gasteiger partial charge on any atom is 0.141 e. The second-order valence-corrected chi connectivity index (χ2v) is 6.24. The van der Waals surface area contributed by atoms with Crippen molar-refractivity contribution >= 4 is 23.2 Å². The lowest BCUT2D eigenvalue weighted by molar-refractivity contribution is 0.177. The Labute approximate surface area is 161 Å². The Morgan fingerprint density at radius 1 is 1.12 bits per heavy atom. The predicted molar refractivity (Wildman–Crippen MR) is 101 cm³/mol. The fourth-order valence-corrected chi connectivity index (χ4v) is 2.90. The van der Waals surface area contributed by atoms with Crippen LogP contribution in [0.5, 0.6) is 11.5 Å². The van der Waals surface area contributed by atoms with E-state index in [0.717, 1.165) is 0 Å². The Morgan fingerprint density at radius 2 is 1.85 bits per heavy atom. The molecule has 0 saturated carbocycles. The average Bonchev–Trinajstić information content (AvgIpc) is 3.13. The van der Waals surface area contributed by atoms with Crippen LogP contribution in [0.2, 0.25) is 10.0 Å². The van der Waals surface area contributed by atoms with Gasteiger partial charge in [-0.2, -0.15) is 5.10 Å². The Hall–Kier alpha value is -2.52. The predicted octanol–water partition coefficient (Wildman–Crippen LogP) is 4.35. The molecule has 3 aromatic rings. The molecule has 5 nitrogen and oxygen atoms in total. The first-order valence-electron chi connectivity index (χ1n) is 7.76. The summed E-state index contributed by atoms with van der Waals surface area (Å²) in [5, 5.41) is 15.6. The van der Waals surface area contributed by atoms with Crippen LogP contribution in [0.3, 0.4) is 0 Å². The number of aliphatic hydroxyl groups excluding tert-OH is 1. The number of aromatic nitrogens is 3. The van der Waals surface area contributed by atoms with Gasteiger partial charge in [-0.15, -0.1) is 5.92 Å². The SMILES string of the molecule is CC#CC(O)C(c1ccc(Oc2ccc(Cl)cc2)cc1Cl)n1cncn1. The second kappa shape index (κ2) is 8.24. The molecule has 2 aromatic carbocycles. The van der Waals surface area contributed by atoms with E-state index in [1.165, 1.54) is 17.3 Å². The number of hydrogen-bond acceptors (Lipinski definition) is 4. The Balaban J connectivity index is 1.91. The number of hydrogen-bond donors (Lipinski definition) is 1. The molecule has 0 spiro atoms. The number of halogens is 2. The van der Waals surface area contributed by atoms with Gasteiger partial charge in [-0.3, -0.25) is 0 Å². The van der Waals surface area contributed by atoms with Crippen LogP contribution in [-0.4, -0.2) is 26.0 Å². The number of nitrogens with zero attached hydrogens (tertiary/aromatic N) is 3. The van der Waals surface area contributed by atoms with E-state index < -0.39 is 12.1 Å². The average molecular weight is 388 g/mol. The van der Waals surface area contributed by atoms with Crippen molar-refractivity contribution in [1.82, 2.24) is 14.8 Å². The summed E-state index contributed by atoms with van der Waals surface area (Å²) in [4.78, 5) is 3.94. The molecule has 132 valence electrons. The molecule has 1 heterocycles. The van der Waals surface area contributed by atoms with Crippen molar-refractivity contribution in [3.8, 4) is 23.3 Å². The zero-order valence-electron chi connectivity index (χ0n) is 13.8. The quantitative estimate of drug-likeness (QED) is 0.661. The Kier molecular flexibility index (Phi) is 5.79. The summed E-state index contributed by atoms with van der Waals surface area (Å²) in [5.41, 5.74) is 0.663. The monoisotopic (exact) mass is 387 g/mol. The van der Waals surface area contributed by atoms with Crippen molar-refractivity contribution < 1.29 is 9.84 Å². The molecule has 2 unspecified atom stereocenters. The van der Waals surface area contributed by atoms with Gasteiger partial charge in [0.1, 0.15) is 36.3 Å². The van der Waals surface area contributed by atoms with Crippen LogP contribution in [-0.2, 0) is 0 Å². The molecule has 3 rings (SSSR count). The third-order valence-electron chi connectivity index (χ3n) is 3.65. The maximum absolute atomic E-state index is 10.4. The zero-order chi connectivity index (χ0) is 18.5. The minimum atomic E-state index is -0.984. The third kappa shape index (κ3) is 4.17. The highest BCUT2D eigenvalue weighted by atomic mass is 35.5. The standard InChI is InChI=1S/C19H15Cl2N3O2/c1-2-3-18(25)19(24-12-22-11-23-24)16-9-8-15(10-17(16)21)26-14-6-4-13(20)5-7-14/h4-12,18-19,25H,1H3. The van der Waals surface area contributed by atoms with Crippen molar-refractivity contribution in [3.05, 3.63) is 70.7 Å². The summed E-state index contributed by atoms with van der Waals surface area (Å²) in [6.07, 6.45) is 1.92. The second-order valence-electron chi connectivity index (χ2n) is 5.40. The van der Waals surface area contributed by atoms with Crippen LogP contribution in [0.4, 0.5) is 0 Å². The molecule has 0 saturated heterocycles. The summed E-state index contributed by atoms with van der Waals surface area (Å²) >= 11 is 12.3. The van der Waals surface area contributed by atoms with Gasteiger partial charge in [0.2, 0.25) is 0 Å². The van der Waals surface area contributed by atoms with Gasteiger partial charge < -0.3 is 9.84 Å². The van der Waals surface area contributed by atoms with E-state index in [1.54, 1.807) is 49.4 Å². The first kappa shape index (κ1) is 18.3. The van der Waals surface area contributed by atoms with Crippen molar-refractivity contribution in [1.29, 1.82) is 0 Å². The van der Waals surface area contributed by atoms with Gasteiger partial charge in [-0.05, 0) is 48.9 Å². The minimum absolute atomic E-state index is 0.425. The van der Waals surface area contributed by atoms with Crippen molar-refractivity contribution in [2.75, 3.05) is 0 Å². The molecule has 26 heavy (non-hydrogen) atoms. The van der Waals surface area contributed by atoms with Crippen molar-refractivity contribution in [2.45, 2.75) is 19.1 Å². The lowest BCUT2D eigenvalue weighted by Crippen LogP contribution is -2.25. The van der Waals surface area contributed by atoms with Crippen molar-refractivity contribution in [2.24, 2.45) is 0 Å². The Bertz CT molecular complexity index is 932. The van der Waals surface area contributed by atoms with Gasteiger partial charge in [0.15, 0.2) is 0 Å². The number of aliphatic hydroxyl groups is 1. The first-order chi connectivity index (χ1) is 12.6. The number of ether oxygens (including phenoxy) is 1. The molecule has 0 amide bonds. The van der Waals surface area contributed by atoms with Gasteiger partial charge in [0.25, 0.3) is 0 Å². The van der Waals surface area contributed by atoms with E-state index in [9.17, 15) is 5.11 Å². The molecule has 7 heteroatoms. The van der Waals surface area contributed by atoms with Gasteiger partial charge >= 0.3 is 0 Å².